The zero-order chi connectivity index (χ0) is 22.0. The molecule has 4 aromatic carbocycles. The largest absolute Gasteiger partial charge is 0.355 e. The minimum absolute atomic E-state index is 0.979. The van der Waals surface area contributed by atoms with Gasteiger partial charge in [-0.2, -0.15) is 0 Å². The molecule has 5 aromatic rings. The SMILES string of the molecule is c1ccc2cc(-c3cc(Nc4ccc(CN5CCCC5)cc4)c4ccccc4n3)ccc2c1. The Balaban J connectivity index is 1.34. The van der Waals surface area contributed by atoms with Crippen LogP contribution < -0.4 is 5.32 Å². The standard InChI is InChI=1S/C30H27N3/c1-2-8-24-19-25(14-13-23(24)7-1)29-20-30(27-9-3-4-10-28(27)32-29)31-26-15-11-22(12-16-26)21-33-17-5-6-18-33/h1-4,7-16,19-20H,5-6,17-18,21H2,(H,31,32). The van der Waals surface area contributed by atoms with Crippen LogP contribution >= 0.6 is 0 Å². The molecular weight excluding hydrogens is 402 g/mol. The molecule has 3 nitrogen and oxygen atoms in total. The fourth-order valence-corrected chi connectivity index (χ4v) is 4.82. The molecule has 6 rings (SSSR count). The fourth-order valence-electron chi connectivity index (χ4n) is 4.82. The van der Waals surface area contributed by atoms with E-state index in [9.17, 15) is 0 Å². The average molecular weight is 430 g/mol. The van der Waals surface area contributed by atoms with Crippen molar-refractivity contribution < 1.29 is 0 Å². The molecule has 1 fully saturated rings. The molecule has 0 unspecified atom stereocenters. The fraction of sp³-hybridized carbons (Fsp3) is 0.167. The van der Waals surface area contributed by atoms with Crippen LogP contribution in [0.15, 0.2) is 97.1 Å². The summed E-state index contributed by atoms with van der Waals surface area (Å²) in [6, 6.07) is 34.4. The van der Waals surface area contributed by atoms with Crippen molar-refractivity contribution in [3.8, 4) is 11.3 Å². The number of benzene rings is 4. The van der Waals surface area contributed by atoms with Gasteiger partial charge in [0.25, 0.3) is 0 Å². The lowest BCUT2D eigenvalue weighted by Gasteiger charge is -2.16. The summed E-state index contributed by atoms with van der Waals surface area (Å²) in [5.41, 5.74) is 6.66. The Kier molecular flexibility index (Phi) is 5.25. The first kappa shape index (κ1) is 20.0. The Morgan fingerprint density at radius 1 is 0.727 bits per heavy atom. The van der Waals surface area contributed by atoms with Crippen molar-refractivity contribution >= 4 is 33.1 Å². The number of nitrogens with one attached hydrogen (secondary N) is 1. The topological polar surface area (TPSA) is 28.2 Å². The van der Waals surface area contributed by atoms with Crippen LogP contribution in [0, 0.1) is 0 Å². The van der Waals surface area contributed by atoms with Crippen molar-refractivity contribution in [3.63, 3.8) is 0 Å². The number of pyridine rings is 1. The summed E-state index contributed by atoms with van der Waals surface area (Å²) in [4.78, 5) is 7.52. The Bertz CT molecular complexity index is 1420. The number of fused-ring (bicyclic) bond motifs is 2. The van der Waals surface area contributed by atoms with Crippen LogP contribution in [0.2, 0.25) is 0 Å². The Morgan fingerprint density at radius 2 is 1.48 bits per heavy atom. The molecule has 0 atom stereocenters. The maximum atomic E-state index is 4.98. The highest BCUT2D eigenvalue weighted by Gasteiger charge is 2.12. The van der Waals surface area contributed by atoms with Crippen LogP contribution in [0.1, 0.15) is 18.4 Å². The van der Waals surface area contributed by atoms with Gasteiger partial charge in [0.2, 0.25) is 0 Å². The molecule has 0 saturated carbocycles. The lowest BCUT2D eigenvalue weighted by atomic mass is 10.0. The van der Waals surface area contributed by atoms with Crippen LogP contribution in [-0.4, -0.2) is 23.0 Å². The molecule has 1 aromatic heterocycles. The quantitative estimate of drug-likeness (QED) is 0.316. The summed E-state index contributed by atoms with van der Waals surface area (Å²) in [6.07, 6.45) is 2.66. The molecule has 0 bridgehead atoms. The van der Waals surface area contributed by atoms with Gasteiger partial charge in [0, 0.05) is 23.2 Å². The number of nitrogens with zero attached hydrogens (tertiary/aromatic N) is 2. The second-order valence-electron chi connectivity index (χ2n) is 8.94. The van der Waals surface area contributed by atoms with Gasteiger partial charge in [-0.15, -0.1) is 0 Å². The molecule has 1 saturated heterocycles. The van der Waals surface area contributed by atoms with Crippen LogP contribution in [0.25, 0.3) is 32.9 Å². The third-order valence-electron chi connectivity index (χ3n) is 6.60. The van der Waals surface area contributed by atoms with Gasteiger partial charge in [0.05, 0.1) is 16.9 Å². The minimum Gasteiger partial charge on any atom is -0.355 e. The second kappa shape index (κ2) is 8.68. The highest BCUT2D eigenvalue weighted by molar-refractivity contribution is 5.96. The summed E-state index contributed by atoms with van der Waals surface area (Å²) in [7, 11) is 0. The summed E-state index contributed by atoms with van der Waals surface area (Å²) >= 11 is 0. The molecule has 1 N–H and O–H groups in total. The van der Waals surface area contributed by atoms with E-state index in [0.29, 0.717) is 0 Å². The van der Waals surface area contributed by atoms with Gasteiger partial charge in [0.1, 0.15) is 0 Å². The van der Waals surface area contributed by atoms with Gasteiger partial charge in [-0.1, -0.05) is 66.7 Å². The Labute approximate surface area is 194 Å². The molecule has 0 amide bonds. The second-order valence-corrected chi connectivity index (χ2v) is 8.94. The van der Waals surface area contributed by atoms with Gasteiger partial charge in [-0.05, 0) is 72.6 Å². The molecular formula is C30H27N3. The monoisotopic (exact) mass is 429 g/mol. The number of likely N-dealkylation sites (tertiary alicyclic amines) is 1. The number of anilines is 2. The van der Waals surface area contributed by atoms with Crippen molar-refractivity contribution in [1.29, 1.82) is 0 Å². The Morgan fingerprint density at radius 3 is 2.33 bits per heavy atom. The molecule has 162 valence electrons. The highest BCUT2D eigenvalue weighted by Crippen LogP contribution is 2.32. The van der Waals surface area contributed by atoms with Gasteiger partial charge in [0.15, 0.2) is 0 Å². The highest BCUT2D eigenvalue weighted by atomic mass is 15.1. The van der Waals surface area contributed by atoms with Crippen LogP contribution in [0.4, 0.5) is 11.4 Å². The molecule has 1 aliphatic rings. The molecule has 2 heterocycles. The van der Waals surface area contributed by atoms with E-state index in [-0.39, 0.29) is 0 Å². The number of aromatic nitrogens is 1. The summed E-state index contributed by atoms with van der Waals surface area (Å²) < 4.78 is 0. The first-order chi connectivity index (χ1) is 16.3. The van der Waals surface area contributed by atoms with Crippen LogP contribution in [0.3, 0.4) is 0 Å². The van der Waals surface area contributed by atoms with E-state index >= 15 is 0 Å². The maximum Gasteiger partial charge on any atom is 0.0730 e. The van der Waals surface area contributed by atoms with Gasteiger partial charge in [-0.3, -0.25) is 4.90 Å². The summed E-state index contributed by atoms with van der Waals surface area (Å²) in [6.45, 7) is 3.49. The smallest absolute Gasteiger partial charge is 0.0730 e. The number of para-hydroxylation sites is 1. The number of hydrogen-bond donors (Lipinski definition) is 1. The zero-order valence-electron chi connectivity index (χ0n) is 18.7. The molecule has 3 heteroatoms. The zero-order valence-corrected chi connectivity index (χ0v) is 18.7. The average Bonchev–Trinajstić information content (AvgIpc) is 3.38. The van der Waals surface area contributed by atoms with E-state index in [1.54, 1.807) is 0 Å². The van der Waals surface area contributed by atoms with Gasteiger partial charge < -0.3 is 5.32 Å². The first-order valence-corrected chi connectivity index (χ1v) is 11.8. The third-order valence-corrected chi connectivity index (χ3v) is 6.60. The van der Waals surface area contributed by atoms with Gasteiger partial charge >= 0.3 is 0 Å². The van der Waals surface area contributed by atoms with Crippen molar-refractivity contribution in [2.75, 3.05) is 18.4 Å². The van der Waals surface area contributed by atoms with Crippen molar-refractivity contribution in [2.24, 2.45) is 0 Å². The van der Waals surface area contributed by atoms with E-state index in [2.05, 4.69) is 107 Å². The molecule has 1 aliphatic heterocycles. The summed E-state index contributed by atoms with van der Waals surface area (Å²) in [5, 5.41) is 7.26. The lowest BCUT2D eigenvalue weighted by molar-refractivity contribution is 0.331. The minimum atomic E-state index is 0.979. The summed E-state index contributed by atoms with van der Waals surface area (Å²) in [5.74, 6) is 0. The van der Waals surface area contributed by atoms with Crippen molar-refractivity contribution in [3.05, 3.63) is 103 Å². The maximum absolute atomic E-state index is 4.98. The molecule has 0 aliphatic carbocycles. The predicted octanol–water partition coefficient (Wildman–Crippen LogP) is 7.39. The van der Waals surface area contributed by atoms with E-state index in [0.717, 1.165) is 40.1 Å². The lowest BCUT2D eigenvalue weighted by Crippen LogP contribution is -2.18. The molecule has 0 radical (unpaired) electrons. The molecule has 0 spiro atoms. The first-order valence-electron chi connectivity index (χ1n) is 11.8. The number of hydrogen-bond acceptors (Lipinski definition) is 3. The normalized spacial score (nSPS) is 14.2. The van der Waals surface area contributed by atoms with Gasteiger partial charge in [-0.25, -0.2) is 4.98 Å². The van der Waals surface area contributed by atoms with Crippen molar-refractivity contribution in [1.82, 2.24) is 9.88 Å². The predicted molar refractivity (Wildman–Crippen MR) is 139 cm³/mol. The van der Waals surface area contributed by atoms with E-state index in [1.807, 2.05) is 0 Å². The molecule has 33 heavy (non-hydrogen) atoms. The van der Waals surface area contributed by atoms with Crippen molar-refractivity contribution in [2.45, 2.75) is 19.4 Å². The van der Waals surface area contributed by atoms with E-state index in [1.165, 1.54) is 42.3 Å². The van der Waals surface area contributed by atoms with E-state index < -0.39 is 0 Å². The van der Waals surface area contributed by atoms with Crippen LogP contribution in [-0.2, 0) is 6.54 Å². The third kappa shape index (κ3) is 4.20. The van der Waals surface area contributed by atoms with E-state index in [4.69, 9.17) is 4.98 Å². The number of rotatable bonds is 5. The van der Waals surface area contributed by atoms with Crippen LogP contribution in [0.5, 0.6) is 0 Å². The Hall–Kier alpha value is -3.69.